The fraction of sp³-hybridized carbons (Fsp3) is 0.774. The monoisotopic (exact) mass is 477 g/mol. The summed E-state index contributed by atoms with van der Waals surface area (Å²) in [5, 5.41) is 10.3. The van der Waals surface area contributed by atoms with Crippen LogP contribution in [0.2, 0.25) is 0 Å². The lowest BCUT2D eigenvalue weighted by Crippen LogP contribution is -2.52. The van der Waals surface area contributed by atoms with Crippen molar-refractivity contribution >= 4 is 5.69 Å². The number of piperazine rings is 1. The number of anilines is 1. The lowest BCUT2D eigenvalue weighted by molar-refractivity contribution is -0.0585. The Hall–Kier alpha value is -1.39. The van der Waals surface area contributed by atoms with E-state index in [2.05, 4.69) is 53.8 Å². The summed E-state index contributed by atoms with van der Waals surface area (Å²) >= 11 is 0. The van der Waals surface area contributed by atoms with Crippen LogP contribution in [0.3, 0.4) is 0 Å². The molecule has 4 heteroatoms. The average Bonchev–Trinajstić information content (AvgIpc) is 3.23. The van der Waals surface area contributed by atoms with Crippen molar-refractivity contribution in [3.8, 4) is 0 Å². The topological polar surface area (TPSA) is 39.6 Å². The minimum Gasteiger partial charge on any atom is -0.393 e. The molecule has 6 rings (SSSR count). The molecule has 35 heavy (non-hydrogen) atoms. The molecule has 1 aromatic heterocycles. The molecule has 8 atom stereocenters. The second-order valence-corrected chi connectivity index (χ2v) is 13.4. The summed E-state index contributed by atoms with van der Waals surface area (Å²) in [7, 11) is 0. The lowest BCUT2D eigenvalue weighted by atomic mass is 9.47. The Morgan fingerprint density at radius 2 is 1.89 bits per heavy atom. The number of hydrogen-bond donors (Lipinski definition) is 1. The molecular formula is C31H47N3O. The third-order valence-electron chi connectivity index (χ3n) is 11.8. The minimum absolute atomic E-state index is 0.0948. The van der Waals surface area contributed by atoms with Gasteiger partial charge in [-0.25, -0.2) is 0 Å². The maximum absolute atomic E-state index is 10.3. The molecule has 192 valence electrons. The fourth-order valence-corrected chi connectivity index (χ4v) is 9.88. The van der Waals surface area contributed by atoms with E-state index in [-0.39, 0.29) is 6.10 Å². The number of aliphatic hydroxyl groups excluding tert-OH is 1. The molecule has 1 N–H and O–H groups in total. The van der Waals surface area contributed by atoms with E-state index in [0.29, 0.717) is 10.8 Å². The number of aliphatic hydroxyl groups is 1. The van der Waals surface area contributed by atoms with E-state index < -0.39 is 0 Å². The second-order valence-electron chi connectivity index (χ2n) is 13.4. The molecule has 4 fully saturated rings. The molecule has 1 aliphatic heterocycles. The average molecular weight is 478 g/mol. The van der Waals surface area contributed by atoms with Crippen LogP contribution in [0.5, 0.6) is 0 Å². The highest BCUT2D eigenvalue weighted by atomic mass is 16.3. The summed E-state index contributed by atoms with van der Waals surface area (Å²) in [4.78, 5) is 9.55. The first-order valence-corrected chi connectivity index (χ1v) is 14.6. The minimum atomic E-state index is -0.0948. The maximum Gasteiger partial charge on any atom is 0.0577 e. The van der Waals surface area contributed by atoms with Gasteiger partial charge in [0.05, 0.1) is 18.0 Å². The zero-order chi connectivity index (χ0) is 24.2. The molecule has 4 aliphatic carbocycles. The Bertz CT molecular complexity index is 924. The van der Waals surface area contributed by atoms with Gasteiger partial charge in [-0.2, -0.15) is 0 Å². The van der Waals surface area contributed by atoms with Crippen LogP contribution in [0.4, 0.5) is 5.69 Å². The Labute approximate surface area is 213 Å². The van der Waals surface area contributed by atoms with Crippen LogP contribution in [0.15, 0.2) is 36.2 Å². The van der Waals surface area contributed by atoms with Crippen LogP contribution in [-0.2, 0) is 0 Å². The van der Waals surface area contributed by atoms with Crippen LogP contribution >= 0.6 is 0 Å². The van der Waals surface area contributed by atoms with Gasteiger partial charge in [-0.05, 0) is 104 Å². The third kappa shape index (κ3) is 4.07. The van der Waals surface area contributed by atoms with E-state index in [1.807, 2.05) is 12.4 Å². The van der Waals surface area contributed by atoms with Gasteiger partial charge in [0.1, 0.15) is 0 Å². The first-order chi connectivity index (χ1) is 16.9. The number of pyridine rings is 1. The van der Waals surface area contributed by atoms with Gasteiger partial charge < -0.3 is 10.0 Å². The van der Waals surface area contributed by atoms with Crippen molar-refractivity contribution in [2.75, 3.05) is 37.6 Å². The summed E-state index contributed by atoms with van der Waals surface area (Å²) in [6.45, 7) is 13.7. The first-order valence-electron chi connectivity index (χ1n) is 14.6. The fourth-order valence-electron chi connectivity index (χ4n) is 9.88. The van der Waals surface area contributed by atoms with Gasteiger partial charge in [-0.15, -0.1) is 0 Å². The molecule has 3 saturated carbocycles. The van der Waals surface area contributed by atoms with E-state index in [1.165, 1.54) is 63.8 Å². The lowest BCUT2D eigenvalue weighted by Gasteiger charge is -2.58. The van der Waals surface area contributed by atoms with Gasteiger partial charge in [0, 0.05) is 38.9 Å². The smallest absolute Gasteiger partial charge is 0.0577 e. The summed E-state index contributed by atoms with van der Waals surface area (Å²) in [5.41, 5.74) is 3.76. The zero-order valence-corrected chi connectivity index (χ0v) is 22.3. The van der Waals surface area contributed by atoms with Crippen LogP contribution < -0.4 is 4.90 Å². The quantitative estimate of drug-likeness (QED) is 0.558. The Kier molecular flexibility index (Phi) is 6.28. The highest BCUT2D eigenvalue weighted by molar-refractivity contribution is 5.44. The van der Waals surface area contributed by atoms with Crippen molar-refractivity contribution in [1.29, 1.82) is 0 Å². The normalized spacial score (nSPS) is 42.6. The van der Waals surface area contributed by atoms with Gasteiger partial charge >= 0.3 is 0 Å². The molecule has 0 bridgehead atoms. The molecule has 0 amide bonds. The molecule has 0 aromatic carbocycles. The first kappa shape index (κ1) is 24.0. The van der Waals surface area contributed by atoms with E-state index in [1.54, 1.807) is 5.57 Å². The molecular weight excluding hydrogens is 430 g/mol. The predicted molar refractivity (Wildman–Crippen MR) is 143 cm³/mol. The molecule has 0 spiro atoms. The molecule has 0 unspecified atom stereocenters. The molecule has 0 radical (unpaired) electrons. The summed E-state index contributed by atoms with van der Waals surface area (Å²) in [5.74, 6) is 4.27. The Morgan fingerprint density at radius 1 is 1.06 bits per heavy atom. The molecule has 4 nitrogen and oxygen atoms in total. The molecule has 2 heterocycles. The molecule has 1 aromatic rings. The summed E-state index contributed by atoms with van der Waals surface area (Å²) < 4.78 is 0. The maximum atomic E-state index is 10.3. The second kappa shape index (κ2) is 9.17. The van der Waals surface area contributed by atoms with Gasteiger partial charge in [-0.1, -0.05) is 32.4 Å². The van der Waals surface area contributed by atoms with E-state index in [4.69, 9.17) is 0 Å². The van der Waals surface area contributed by atoms with Crippen molar-refractivity contribution < 1.29 is 5.11 Å². The van der Waals surface area contributed by atoms with Gasteiger partial charge in [0.25, 0.3) is 0 Å². The van der Waals surface area contributed by atoms with Crippen LogP contribution in [-0.4, -0.2) is 53.8 Å². The Morgan fingerprint density at radius 3 is 2.66 bits per heavy atom. The standard InChI is InChI=1S/C31H47N3O/c1-22(21-33-15-17-34(18-16-33)24-5-4-14-32-20-24)27-8-9-28-26-7-6-23-19-25(35)10-12-30(23,2)29(26)11-13-31(27,28)3/h4-6,14,20,22,25-29,35H,7-13,15-19,21H2,1-3H3/t22-,25+,26+,27-,28+,29+,30+,31-/m1/s1. The number of allylic oxidation sites excluding steroid dienone is 1. The number of fused-ring (bicyclic) bond motifs is 5. The molecule has 5 aliphatic rings. The SMILES string of the molecule is C[C@H](CN1CCN(c2cccnc2)CC1)[C@H]1CC[C@H]2[C@@H]3CC=C4C[C@@H](O)CC[C@]4(C)[C@H]3CC[C@]12C. The Balaban J connectivity index is 1.10. The van der Waals surface area contributed by atoms with Crippen LogP contribution in [0.1, 0.15) is 72.1 Å². The number of hydrogen-bond acceptors (Lipinski definition) is 4. The van der Waals surface area contributed by atoms with Crippen molar-refractivity contribution in [3.05, 3.63) is 36.2 Å². The zero-order valence-electron chi connectivity index (χ0n) is 22.3. The number of aromatic nitrogens is 1. The van der Waals surface area contributed by atoms with Crippen molar-refractivity contribution in [1.82, 2.24) is 9.88 Å². The van der Waals surface area contributed by atoms with Crippen molar-refractivity contribution in [3.63, 3.8) is 0 Å². The van der Waals surface area contributed by atoms with Gasteiger partial charge in [0.2, 0.25) is 0 Å². The van der Waals surface area contributed by atoms with Gasteiger partial charge in [-0.3, -0.25) is 9.88 Å². The van der Waals surface area contributed by atoms with Gasteiger partial charge in [0.15, 0.2) is 0 Å². The van der Waals surface area contributed by atoms with E-state index >= 15 is 0 Å². The van der Waals surface area contributed by atoms with Crippen molar-refractivity contribution in [2.45, 2.75) is 78.2 Å². The van der Waals surface area contributed by atoms with E-state index in [0.717, 1.165) is 55.5 Å². The molecule has 1 saturated heterocycles. The third-order valence-corrected chi connectivity index (χ3v) is 11.8. The van der Waals surface area contributed by atoms with Crippen LogP contribution in [0.25, 0.3) is 0 Å². The summed E-state index contributed by atoms with van der Waals surface area (Å²) in [6, 6.07) is 4.25. The van der Waals surface area contributed by atoms with Crippen LogP contribution in [0, 0.1) is 40.4 Å². The van der Waals surface area contributed by atoms with E-state index in [9.17, 15) is 5.11 Å². The predicted octanol–water partition coefficient (Wildman–Crippen LogP) is 5.78. The van der Waals surface area contributed by atoms with Crippen molar-refractivity contribution in [2.24, 2.45) is 40.4 Å². The highest BCUT2D eigenvalue weighted by Crippen LogP contribution is 2.67. The number of rotatable bonds is 4. The number of nitrogens with zero attached hydrogens (tertiary/aromatic N) is 3. The highest BCUT2D eigenvalue weighted by Gasteiger charge is 2.59. The summed E-state index contributed by atoms with van der Waals surface area (Å²) in [6.07, 6.45) is 16.5. The largest absolute Gasteiger partial charge is 0.393 e.